The van der Waals surface area contributed by atoms with E-state index in [1.807, 2.05) is 0 Å². The fraction of sp³-hybridized carbons (Fsp3) is 0.714. The highest BCUT2D eigenvalue weighted by Gasteiger charge is 2.18. The number of allylic oxidation sites excluding steroid dienone is 1. The maximum absolute atomic E-state index is 5.76. The fourth-order valence-corrected chi connectivity index (χ4v) is 2.88. The van der Waals surface area contributed by atoms with Gasteiger partial charge in [0.2, 0.25) is 0 Å². The number of rotatable bonds is 3. The quantitative estimate of drug-likeness (QED) is 0.340. The lowest BCUT2D eigenvalue weighted by Crippen LogP contribution is -2.27. The van der Waals surface area contributed by atoms with Crippen LogP contribution in [-0.4, -0.2) is 13.6 Å². The molecule has 0 amide bonds. The maximum Gasteiger partial charge on any atom is 0.0679 e. The topological polar surface area (TPSA) is 0 Å². The third-order valence-electron chi connectivity index (χ3n) is 1.14. The van der Waals surface area contributed by atoms with Crippen LogP contribution in [0.15, 0.2) is 12.2 Å². The van der Waals surface area contributed by atoms with Gasteiger partial charge in [0.1, 0.15) is 0 Å². The second-order valence-corrected chi connectivity index (χ2v) is 9.18. The molecule has 0 aromatic heterocycles. The van der Waals surface area contributed by atoms with Gasteiger partial charge in [-0.05, 0) is 13.0 Å². The van der Waals surface area contributed by atoms with E-state index in [4.69, 9.17) is 11.6 Å². The molecule has 0 aliphatic rings. The van der Waals surface area contributed by atoms with Crippen LogP contribution >= 0.6 is 11.6 Å². The number of halogens is 1. The molecule has 0 aliphatic carbocycles. The zero-order valence-electron chi connectivity index (χ0n) is 6.50. The van der Waals surface area contributed by atoms with E-state index in [2.05, 4.69) is 26.6 Å². The van der Waals surface area contributed by atoms with Gasteiger partial charge in [0.15, 0.2) is 0 Å². The van der Waals surface area contributed by atoms with Gasteiger partial charge in [-0.3, -0.25) is 0 Å². The lowest BCUT2D eigenvalue weighted by Gasteiger charge is -2.17. The molecular formula is C7H15ClSi. The molecule has 0 fully saturated rings. The van der Waals surface area contributed by atoms with Crippen molar-refractivity contribution in [1.29, 1.82) is 0 Å². The molecule has 9 heavy (non-hydrogen) atoms. The van der Waals surface area contributed by atoms with E-state index in [1.165, 1.54) is 5.57 Å². The van der Waals surface area contributed by atoms with Gasteiger partial charge in [-0.2, -0.15) is 0 Å². The summed E-state index contributed by atoms with van der Waals surface area (Å²) in [6.45, 7) is 10.5. The molecule has 0 rings (SSSR count). The summed E-state index contributed by atoms with van der Waals surface area (Å²) in [7, 11) is -1.07. The first-order valence-corrected chi connectivity index (χ1v) is 7.13. The van der Waals surface area contributed by atoms with Gasteiger partial charge in [-0.15, -0.1) is 18.2 Å². The van der Waals surface area contributed by atoms with Crippen LogP contribution in [0.2, 0.25) is 19.1 Å². The minimum absolute atomic E-state index is 0.847. The van der Waals surface area contributed by atoms with E-state index in [1.54, 1.807) is 0 Å². The summed E-state index contributed by atoms with van der Waals surface area (Å²) in [6, 6.07) is 1.16. The highest BCUT2D eigenvalue weighted by atomic mass is 35.5. The fourth-order valence-electron chi connectivity index (χ4n) is 0.864. The van der Waals surface area contributed by atoms with Crippen molar-refractivity contribution < 1.29 is 0 Å². The van der Waals surface area contributed by atoms with Gasteiger partial charge in [0, 0.05) is 5.50 Å². The van der Waals surface area contributed by atoms with Crippen LogP contribution in [0.3, 0.4) is 0 Å². The molecule has 0 saturated carbocycles. The van der Waals surface area contributed by atoms with E-state index in [9.17, 15) is 0 Å². The van der Waals surface area contributed by atoms with E-state index in [0.717, 1.165) is 11.5 Å². The molecule has 0 aromatic carbocycles. The molecule has 0 aromatic rings. The first kappa shape index (κ1) is 9.25. The zero-order valence-corrected chi connectivity index (χ0v) is 8.26. The Bertz CT molecular complexity index is 107. The van der Waals surface area contributed by atoms with Crippen LogP contribution in [0, 0.1) is 0 Å². The lowest BCUT2D eigenvalue weighted by atomic mass is 10.4. The van der Waals surface area contributed by atoms with Crippen molar-refractivity contribution in [3.63, 3.8) is 0 Å². The molecule has 54 valence electrons. The molecule has 0 unspecified atom stereocenters. The Morgan fingerprint density at radius 3 is 2.11 bits per heavy atom. The molecule has 0 atom stereocenters. The smallest absolute Gasteiger partial charge is 0.0679 e. The molecule has 0 N–H and O–H groups in total. The zero-order chi connectivity index (χ0) is 7.49. The van der Waals surface area contributed by atoms with Crippen LogP contribution < -0.4 is 0 Å². The molecule has 0 radical (unpaired) electrons. The Morgan fingerprint density at radius 2 is 2.00 bits per heavy atom. The van der Waals surface area contributed by atoms with Crippen molar-refractivity contribution in [3.8, 4) is 0 Å². The molecule has 0 saturated heterocycles. The second kappa shape index (κ2) is 3.42. The summed E-state index contributed by atoms with van der Waals surface area (Å²) in [5, 5.41) is 0. The average molecular weight is 163 g/mol. The van der Waals surface area contributed by atoms with Crippen molar-refractivity contribution in [2.24, 2.45) is 0 Å². The number of hydrogen-bond acceptors (Lipinski definition) is 0. The SMILES string of the molecule is C=C(C)C[Si](C)(C)CCl. The van der Waals surface area contributed by atoms with Crippen LogP contribution in [0.25, 0.3) is 0 Å². The van der Waals surface area contributed by atoms with Crippen LogP contribution in [0.5, 0.6) is 0 Å². The first-order valence-electron chi connectivity index (χ1n) is 3.18. The molecular weight excluding hydrogens is 148 g/mol. The Balaban J connectivity index is 3.71. The summed E-state index contributed by atoms with van der Waals surface area (Å²) < 4.78 is 0. The Morgan fingerprint density at radius 1 is 1.56 bits per heavy atom. The van der Waals surface area contributed by atoms with Gasteiger partial charge in [0.25, 0.3) is 0 Å². The van der Waals surface area contributed by atoms with E-state index in [0.29, 0.717) is 0 Å². The van der Waals surface area contributed by atoms with Gasteiger partial charge < -0.3 is 0 Å². The summed E-state index contributed by atoms with van der Waals surface area (Å²) in [6.07, 6.45) is 0. The normalized spacial score (nSPS) is 11.6. The molecule has 0 aliphatic heterocycles. The highest BCUT2D eigenvalue weighted by molar-refractivity contribution is 6.83. The predicted octanol–water partition coefficient (Wildman–Crippen LogP) is 3.05. The standard InChI is InChI=1S/C7H15ClSi/c1-7(2)5-9(3,4)6-8/h1,5-6H2,2-4H3. The summed E-state index contributed by atoms with van der Waals surface area (Å²) in [5.74, 6) is 0. The summed E-state index contributed by atoms with van der Waals surface area (Å²) in [4.78, 5) is 0. The second-order valence-electron chi connectivity index (χ2n) is 3.43. The third kappa shape index (κ3) is 4.73. The van der Waals surface area contributed by atoms with Crippen molar-refractivity contribution >= 4 is 19.7 Å². The van der Waals surface area contributed by atoms with E-state index < -0.39 is 8.07 Å². The Labute approximate surface area is 63.9 Å². The van der Waals surface area contributed by atoms with Crippen LogP contribution in [0.1, 0.15) is 6.92 Å². The van der Waals surface area contributed by atoms with Crippen molar-refractivity contribution in [2.75, 3.05) is 5.50 Å². The largest absolute Gasteiger partial charge is 0.130 e. The Hall–Kier alpha value is 0.247. The maximum atomic E-state index is 5.76. The molecule has 0 nitrogen and oxygen atoms in total. The molecule has 0 bridgehead atoms. The number of hydrogen-bond donors (Lipinski definition) is 0. The molecule has 0 spiro atoms. The van der Waals surface area contributed by atoms with Gasteiger partial charge in [0.05, 0.1) is 8.07 Å². The molecule has 0 heterocycles. The Kier molecular flexibility index (Phi) is 3.52. The highest BCUT2D eigenvalue weighted by Crippen LogP contribution is 2.15. The van der Waals surface area contributed by atoms with Crippen LogP contribution in [0.4, 0.5) is 0 Å². The van der Waals surface area contributed by atoms with Crippen molar-refractivity contribution in [1.82, 2.24) is 0 Å². The van der Waals surface area contributed by atoms with Crippen molar-refractivity contribution in [2.45, 2.75) is 26.1 Å². The van der Waals surface area contributed by atoms with Crippen molar-refractivity contribution in [3.05, 3.63) is 12.2 Å². The summed E-state index contributed by atoms with van der Waals surface area (Å²) >= 11 is 5.76. The lowest BCUT2D eigenvalue weighted by molar-refractivity contribution is 1.33. The van der Waals surface area contributed by atoms with E-state index in [-0.39, 0.29) is 0 Å². The minimum Gasteiger partial charge on any atom is -0.130 e. The monoisotopic (exact) mass is 162 g/mol. The molecule has 2 heteroatoms. The van der Waals surface area contributed by atoms with Crippen LogP contribution in [-0.2, 0) is 0 Å². The van der Waals surface area contributed by atoms with Gasteiger partial charge >= 0.3 is 0 Å². The minimum atomic E-state index is -1.07. The number of alkyl halides is 1. The van der Waals surface area contributed by atoms with Gasteiger partial charge in [-0.1, -0.05) is 18.7 Å². The average Bonchev–Trinajstić information content (AvgIpc) is 1.63. The first-order chi connectivity index (χ1) is 3.98. The summed E-state index contributed by atoms with van der Waals surface area (Å²) in [5.41, 5.74) is 2.12. The van der Waals surface area contributed by atoms with Gasteiger partial charge in [-0.25, -0.2) is 0 Å². The third-order valence-corrected chi connectivity index (χ3v) is 5.60. The van der Waals surface area contributed by atoms with E-state index >= 15 is 0 Å². The predicted molar refractivity (Wildman–Crippen MR) is 47.8 cm³/mol.